The van der Waals surface area contributed by atoms with Crippen LogP contribution in [0.25, 0.3) is 0 Å². The third-order valence-corrected chi connectivity index (χ3v) is 3.25. The minimum atomic E-state index is 0.763. The van der Waals surface area contributed by atoms with Crippen molar-refractivity contribution in [1.29, 1.82) is 0 Å². The number of rotatable bonds is 1. The van der Waals surface area contributed by atoms with E-state index >= 15 is 0 Å². The van der Waals surface area contributed by atoms with Gasteiger partial charge < -0.3 is 10.6 Å². The van der Waals surface area contributed by atoms with Gasteiger partial charge in [-0.25, -0.2) is 0 Å². The largest absolute Gasteiger partial charge is 0.399 e. The second-order valence-corrected chi connectivity index (χ2v) is 4.40. The third kappa shape index (κ3) is 2.07. The van der Waals surface area contributed by atoms with Crippen molar-refractivity contribution in [1.82, 2.24) is 0 Å². The number of likely N-dealkylation sites (tertiary alicyclic amines) is 1. The van der Waals surface area contributed by atoms with Gasteiger partial charge in [-0.2, -0.15) is 0 Å². The average molecular weight is 191 g/mol. The van der Waals surface area contributed by atoms with Crippen molar-refractivity contribution in [2.24, 2.45) is 0 Å². The molecule has 0 bridgehead atoms. The first-order valence-electron chi connectivity index (χ1n) is 5.42. The Morgan fingerprint density at radius 3 is 2.29 bits per heavy atom. The van der Waals surface area contributed by atoms with Gasteiger partial charge in [-0.05, 0) is 23.6 Å². The van der Waals surface area contributed by atoms with E-state index in [-0.39, 0.29) is 0 Å². The molecule has 0 amide bonds. The van der Waals surface area contributed by atoms with Crippen LogP contribution in [0.15, 0.2) is 24.3 Å². The molecule has 0 atom stereocenters. The van der Waals surface area contributed by atoms with E-state index in [9.17, 15) is 0 Å². The molecule has 1 saturated heterocycles. The molecule has 0 aliphatic carbocycles. The Morgan fingerprint density at radius 2 is 1.71 bits per heavy atom. The monoisotopic (exact) mass is 191 g/mol. The zero-order valence-corrected chi connectivity index (χ0v) is 8.79. The molecule has 1 aromatic rings. The predicted octanol–water partition coefficient (Wildman–Crippen LogP) is 0.661. The highest BCUT2D eigenvalue weighted by Gasteiger charge is 2.20. The first kappa shape index (κ1) is 9.53. The molecule has 0 unspecified atom stereocenters. The summed E-state index contributed by atoms with van der Waals surface area (Å²) in [5.74, 6) is 0.763. The molecule has 1 heterocycles. The molecule has 0 aromatic heterocycles. The molecule has 76 valence electrons. The number of nitrogens with one attached hydrogen (secondary N) is 1. The number of nitrogens with two attached hydrogens (primary N) is 1. The lowest BCUT2D eigenvalue weighted by Crippen LogP contribution is -3.10. The number of hydrogen-bond donors (Lipinski definition) is 2. The maximum absolute atomic E-state index is 5.67. The molecule has 0 saturated carbocycles. The summed E-state index contributed by atoms with van der Waals surface area (Å²) >= 11 is 0. The molecule has 2 heteroatoms. The molecule has 3 N–H and O–H groups in total. The van der Waals surface area contributed by atoms with Crippen molar-refractivity contribution in [3.8, 4) is 0 Å². The molecular weight excluding hydrogens is 172 g/mol. The standard InChI is InChI=1S/C12H18N2/c1-14-8-6-11(7-9-14)10-2-4-12(13)5-3-10/h2-5,11H,6-9,13H2,1H3/p+1. The Hall–Kier alpha value is -1.02. The number of benzene rings is 1. The zero-order chi connectivity index (χ0) is 9.97. The number of nitrogen functional groups attached to an aromatic ring is 1. The number of quaternary nitrogens is 1. The molecule has 0 radical (unpaired) electrons. The van der Waals surface area contributed by atoms with E-state index in [0.717, 1.165) is 11.6 Å². The van der Waals surface area contributed by atoms with Crippen LogP contribution in [0.4, 0.5) is 5.69 Å². The summed E-state index contributed by atoms with van der Waals surface area (Å²) < 4.78 is 0. The topological polar surface area (TPSA) is 30.5 Å². The fourth-order valence-corrected chi connectivity index (χ4v) is 2.21. The van der Waals surface area contributed by atoms with Crippen molar-refractivity contribution in [3.05, 3.63) is 29.8 Å². The van der Waals surface area contributed by atoms with Crippen LogP contribution in [0.1, 0.15) is 24.3 Å². The molecule has 0 spiro atoms. The van der Waals surface area contributed by atoms with E-state index in [0.29, 0.717) is 0 Å². The van der Waals surface area contributed by atoms with Gasteiger partial charge in [0.2, 0.25) is 0 Å². The molecule has 1 aromatic carbocycles. The van der Waals surface area contributed by atoms with E-state index in [1.54, 1.807) is 4.90 Å². The van der Waals surface area contributed by atoms with Crippen LogP contribution in [-0.2, 0) is 0 Å². The molecule has 2 rings (SSSR count). The van der Waals surface area contributed by atoms with Crippen LogP contribution in [0, 0.1) is 0 Å². The first-order chi connectivity index (χ1) is 6.75. The fraction of sp³-hybridized carbons (Fsp3) is 0.500. The van der Waals surface area contributed by atoms with Crippen LogP contribution in [0.3, 0.4) is 0 Å². The second-order valence-electron chi connectivity index (χ2n) is 4.40. The Balaban J connectivity index is 2.05. The highest BCUT2D eigenvalue weighted by molar-refractivity contribution is 5.40. The molecule has 1 aliphatic rings. The van der Waals surface area contributed by atoms with Crippen LogP contribution in [-0.4, -0.2) is 20.1 Å². The van der Waals surface area contributed by atoms with Gasteiger partial charge in [0.1, 0.15) is 0 Å². The van der Waals surface area contributed by atoms with Crippen LogP contribution in [0.2, 0.25) is 0 Å². The summed E-state index contributed by atoms with van der Waals surface area (Å²) in [5, 5.41) is 0. The van der Waals surface area contributed by atoms with Gasteiger partial charge in [-0.3, -0.25) is 0 Å². The minimum absolute atomic E-state index is 0.763. The lowest BCUT2D eigenvalue weighted by Gasteiger charge is -2.26. The van der Waals surface area contributed by atoms with Gasteiger partial charge in [0.05, 0.1) is 20.1 Å². The summed E-state index contributed by atoms with van der Waals surface area (Å²) in [6.45, 7) is 2.60. The molecule has 2 nitrogen and oxygen atoms in total. The van der Waals surface area contributed by atoms with Gasteiger partial charge in [-0.1, -0.05) is 12.1 Å². The quantitative estimate of drug-likeness (QED) is 0.628. The summed E-state index contributed by atoms with van der Waals surface area (Å²) in [6, 6.07) is 8.39. The van der Waals surface area contributed by atoms with Gasteiger partial charge >= 0.3 is 0 Å². The highest BCUT2D eigenvalue weighted by atomic mass is 15.1. The summed E-state index contributed by atoms with van der Waals surface area (Å²) in [6.07, 6.45) is 2.63. The van der Waals surface area contributed by atoms with Crippen molar-refractivity contribution in [3.63, 3.8) is 0 Å². The van der Waals surface area contributed by atoms with Crippen LogP contribution >= 0.6 is 0 Å². The second kappa shape index (κ2) is 4.01. The van der Waals surface area contributed by atoms with Crippen molar-refractivity contribution >= 4 is 5.69 Å². The Kier molecular flexibility index (Phi) is 2.73. The fourth-order valence-electron chi connectivity index (χ4n) is 2.21. The zero-order valence-electron chi connectivity index (χ0n) is 8.79. The Morgan fingerprint density at radius 1 is 1.14 bits per heavy atom. The van der Waals surface area contributed by atoms with Crippen molar-refractivity contribution in [2.45, 2.75) is 18.8 Å². The van der Waals surface area contributed by atoms with Crippen molar-refractivity contribution in [2.75, 3.05) is 25.9 Å². The van der Waals surface area contributed by atoms with Crippen molar-refractivity contribution < 1.29 is 4.90 Å². The smallest absolute Gasteiger partial charge is 0.0774 e. The highest BCUT2D eigenvalue weighted by Crippen LogP contribution is 2.24. The van der Waals surface area contributed by atoms with Gasteiger partial charge in [-0.15, -0.1) is 0 Å². The third-order valence-electron chi connectivity index (χ3n) is 3.25. The predicted molar refractivity (Wildman–Crippen MR) is 59.5 cm³/mol. The van der Waals surface area contributed by atoms with E-state index in [4.69, 9.17) is 5.73 Å². The maximum atomic E-state index is 5.67. The summed E-state index contributed by atoms with van der Waals surface area (Å²) in [5.41, 5.74) is 8.01. The van der Waals surface area contributed by atoms with E-state index in [2.05, 4.69) is 19.2 Å². The minimum Gasteiger partial charge on any atom is -0.399 e. The van der Waals surface area contributed by atoms with E-state index in [1.807, 2.05) is 12.1 Å². The molecular formula is C12H19N2+. The maximum Gasteiger partial charge on any atom is 0.0774 e. The molecule has 14 heavy (non-hydrogen) atoms. The first-order valence-corrected chi connectivity index (χ1v) is 5.42. The lowest BCUT2D eigenvalue weighted by molar-refractivity contribution is -0.885. The Bertz CT molecular complexity index is 284. The summed E-state index contributed by atoms with van der Waals surface area (Å²) in [4.78, 5) is 1.66. The van der Waals surface area contributed by atoms with Gasteiger partial charge in [0.15, 0.2) is 0 Å². The molecule has 1 aliphatic heterocycles. The lowest BCUT2D eigenvalue weighted by atomic mass is 9.89. The number of anilines is 1. The summed E-state index contributed by atoms with van der Waals surface area (Å²) in [7, 11) is 2.28. The van der Waals surface area contributed by atoms with Crippen LogP contribution in [0.5, 0.6) is 0 Å². The molecule has 1 fully saturated rings. The SMILES string of the molecule is C[NH+]1CCC(c2ccc(N)cc2)CC1. The normalized spacial score (nSPS) is 27.5. The van der Waals surface area contributed by atoms with Crippen LogP contribution < -0.4 is 10.6 Å². The van der Waals surface area contributed by atoms with Gasteiger partial charge in [0.25, 0.3) is 0 Å². The van der Waals surface area contributed by atoms with E-state index in [1.165, 1.54) is 31.5 Å². The average Bonchev–Trinajstić information content (AvgIpc) is 2.21. The van der Waals surface area contributed by atoms with E-state index < -0.39 is 0 Å². The Labute approximate surface area is 85.7 Å². The van der Waals surface area contributed by atoms with Gasteiger partial charge in [0, 0.05) is 18.5 Å². The number of piperidine rings is 1. The number of hydrogen-bond acceptors (Lipinski definition) is 1.